The summed E-state index contributed by atoms with van der Waals surface area (Å²) in [6.45, 7) is 3.05. The number of nitrogens with two attached hydrogens (primary N) is 1. The molecular weight excluding hydrogens is 196 g/mol. The SMILES string of the molecule is CN(C)C(=O)CN1CCN(C(N)=O)CC1. The molecule has 1 heterocycles. The molecular formula is C9H18N4O2. The first kappa shape index (κ1) is 11.8. The molecule has 3 amide bonds. The lowest BCUT2D eigenvalue weighted by molar-refractivity contribution is -0.130. The monoisotopic (exact) mass is 214 g/mol. The van der Waals surface area contributed by atoms with Gasteiger partial charge in [-0.2, -0.15) is 0 Å². The Kier molecular flexibility index (Phi) is 3.90. The van der Waals surface area contributed by atoms with Crippen molar-refractivity contribution in [2.45, 2.75) is 0 Å². The third-order valence-corrected chi connectivity index (χ3v) is 2.54. The fraction of sp³-hybridized carbons (Fsp3) is 0.778. The predicted octanol–water partition coefficient (Wildman–Crippen LogP) is -1.23. The Bertz CT molecular complexity index is 246. The van der Waals surface area contributed by atoms with Crippen LogP contribution in [0.4, 0.5) is 4.79 Å². The molecule has 0 aliphatic carbocycles. The summed E-state index contributed by atoms with van der Waals surface area (Å²) in [6, 6.07) is -0.381. The summed E-state index contributed by atoms with van der Waals surface area (Å²) >= 11 is 0. The smallest absolute Gasteiger partial charge is 0.314 e. The van der Waals surface area contributed by atoms with Crippen LogP contribution in [0.25, 0.3) is 0 Å². The number of piperazine rings is 1. The van der Waals surface area contributed by atoms with Gasteiger partial charge in [-0.25, -0.2) is 4.79 Å². The Balaban J connectivity index is 2.32. The van der Waals surface area contributed by atoms with Gasteiger partial charge in [0.25, 0.3) is 0 Å². The number of likely N-dealkylation sites (N-methyl/N-ethyl adjacent to an activating group) is 1. The molecule has 0 aromatic rings. The van der Waals surface area contributed by atoms with Crippen LogP contribution >= 0.6 is 0 Å². The van der Waals surface area contributed by atoms with Gasteiger partial charge in [-0.05, 0) is 0 Å². The predicted molar refractivity (Wildman–Crippen MR) is 56.3 cm³/mol. The van der Waals surface area contributed by atoms with Crippen molar-refractivity contribution in [3.8, 4) is 0 Å². The van der Waals surface area contributed by atoms with Crippen LogP contribution in [0.2, 0.25) is 0 Å². The van der Waals surface area contributed by atoms with Crippen molar-refractivity contribution in [1.29, 1.82) is 0 Å². The lowest BCUT2D eigenvalue weighted by Gasteiger charge is -2.33. The highest BCUT2D eigenvalue weighted by atomic mass is 16.2. The maximum atomic E-state index is 11.4. The fourth-order valence-electron chi connectivity index (χ4n) is 1.46. The molecule has 1 rings (SSSR count). The molecule has 1 aliphatic rings. The van der Waals surface area contributed by atoms with Crippen molar-refractivity contribution in [2.24, 2.45) is 5.73 Å². The minimum Gasteiger partial charge on any atom is -0.351 e. The van der Waals surface area contributed by atoms with Crippen LogP contribution in [0, 0.1) is 0 Å². The van der Waals surface area contributed by atoms with Gasteiger partial charge in [0.15, 0.2) is 0 Å². The van der Waals surface area contributed by atoms with E-state index in [1.807, 2.05) is 4.90 Å². The van der Waals surface area contributed by atoms with Crippen molar-refractivity contribution >= 4 is 11.9 Å². The van der Waals surface area contributed by atoms with E-state index in [4.69, 9.17) is 5.73 Å². The third kappa shape index (κ3) is 3.39. The number of primary amides is 1. The van der Waals surface area contributed by atoms with E-state index in [2.05, 4.69) is 0 Å². The summed E-state index contributed by atoms with van der Waals surface area (Å²) in [6.07, 6.45) is 0. The highest BCUT2D eigenvalue weighted by molar-refractivity contribution is 5.77. The molecule has 6 heteroatoms. The van der Waals surface area contributed by atoms with Crippen LogP contribution in [0.5, 0.6) is 0 Å². The van der Waals surface area contributed by atoms with Gasteiger partial charge in [-0.3, -0.25) is 9.69 Å². The van der Waals surface area contributed by atoms with Gasteiger partial charge >= 0.3 is 6.03 Å². The molecule has 0 radical (unpaired) electrons. The maximum Gasteiger partial charge on any atom is 0.314 e. The third-order valence-electron chi connectivity index (χ3n) is 2.54. The molecule has 0 saturated carbocycles. The normalized spacial score (nSPS) is 17.6. The molecule has 86 valence electrons. The average Bonchev–Trinajstić information content (AvgIpc) is 2.18. The van der Waals surface area contributed by atoms with E-state index in [1.54, 1.807) is 23.9 Å². The van der Waals surface area contributed by atoms with Crippen LogP contribution in [-0.4, -0.2) is 73.5 Å². The summed E-state index contributed by atoms with van der Waals surface area (Å²) in [5.41, 5.74) is 5.16. The van der Waals surface area contributed by atoms with Crippen molar-refractivity contribution in [2.75, 3.05) is 46.8 Å². The second-order valence-electron chi connectivity index (χ2n) is 3.89. The lowest BCUT2D eigenvalue weighted by atomic mass is 10.3. The number of nitrogens with zero attached hydrogens (tertiary/aromatic N) is 3. The standard InChI is InChI=1S/C9H18N4O2/c1-11(2)8(14)7-12-3-5-13(6-4-12)9(10)15/h3-7H2,1-2H3,(H2,10,15). The molecule has 1 fully saturated rings. The van der Waals surface area contributed by atoms with Crippen LogP contribution in [0.3, 0.4) is 0 Å². The summed E-state index contributed by atoms with van der Waals surface area (Å²) in [4.78, 5) is 27.4. The summed E-state index contributed by atoms with van der Waals surface area (Å²) < 4.78 is 0. The molecule has 0 unspecified atom stereocenters. The molecule has 1 aliphatic heterocycles. The lowest BCUT2D eigenvalue weighted by Crippen LogP contribution is -2.52. The Morgan fingerprint density at radius 1 is 1.20 bits per heavy atom. The second kappa shape index (κ2) is 4.97. The van der Waals surface area contributed by atoms with Crippen LogP contribution < -0.4 is 5.73 Å². The minimum atomic E-state index is -0.381. The molecule has 0 aromatic carbocycles. The minimum absolute atomic E-state index is 0.0857. The van der Waals surface area contributed by atoms with Crippen molar-refractivity contribution in [3.05, 3.63) is 0 Å². The van der Waals surface area contributed by atoms with Gasteiger partial charge < -0.3 is 15.5 Å². The largest absolute Gasteiger partial charge is 0.351 e. The first-order valence-electron chi connectivity index (χ1n) is 4.97. The number of urea groups is 1. The van der Waals surface area contributed by atoms with E-state index in [-0.39, 0.29) is 11.9 Å². The summed E-state index contributed by atoms with van der Waals surface area (Å²) in [5.74, 6) is 0.0857. The summed E-state index contributed by atoms with van der Waals surface area (Å²) in [7, 11) is 3.48. The van der Waals surface area contributed by atoms with Gasteiger partial charge in [-0.15, -0.1) is 0 Å². The molecule has 0 bridgehead atoms. The van der Waals surface area contributed by atoms with Crippen LogP contribution in [-0.2, 0) is 4.79 Å². The zero-order valence-electron chi connectivity index (χ0n) is 9.27. The first-order valence-corrected chi connectivity index (χ1v) is 4.97. The van der Waals surface area contributed by atoms with Gasteiger partial charge in [0.05, 0.1) is 6.54 Å². The molecule has 0 spiro atoms. The number of rotatable bonds is 2. The number of carbonyl (C=O) groups excluding carboxylic acids is 2. The van der Waals surface area contributed by atoms with Crippen molar-refractivity contribution < 1.29 is 9.59 Å². The van der Waals surface area contributed by atoms with E-state index < -0.39 is 0 Å². The van der Waals surface area contributed by atoms with E-state index in [9.17, 15) is 9.59 Å². The maximum absolute atomic E-state index is 11.4. The Morgan fingerprint density at radius 3 is 2.13 bits per heavy atom. The average molecular weight is 214 g/mol. The second-order valence-corrected chi connectivity index (χ2v) is 3.89. The molecule has 0 atom stereocenters. The highest BCUT2D eigenvalue weighted by Gasteiger charge is 2.20. The Labute approximate surface area is 89.6 Å². The van der Waals surface area contributed by atoms with E-state index >= 15 is 0 Å². The topological polar surface area (TPSA) is 69.9 Å². The van der Waals surface area contributed by atoms with E-state index in [1.165, 1.54) is 0 Å². The Hall–Kier alpha value is -1.30. The van der Waals surface area contributed by atoms with Gasteiger partial charge in [0.2, 0.25) is 5.91 Å². The number of hydrogen-bond donors (Lipinski definition) is 1. The van der Waals surface area contributed by atoms with Crippen molar-refractivity contribution in [1.82, 2.24) is 14.7 Å². The molecule has 2 N–H and O–H groups in total. The highest BCUT2D eigenvalue weighted by Crippen LogP contribution is 2.01. The van der Waals surface area contributed by atoms with Gasteiger partial charge in [0.1, 0.15) is 0 Å². The van der Waals surface area contributed by atoms with E-state index in [0.29, 0.717) is 32.7 Å². The number of amides is 3. The number of carbonyl (C=O) groups is 2. The molecule has 6 nitrogen and oxygen atoms in total. The van der Waals surface area contributed by atoms with E-state index in [0.717, 1.165) is 0 Å². The van der Waals surface area contributed by atoms with Crippen molar-refractivity contribution in [3.63, 3.8) is 0 Å². The van der Waals surface area contributed by atoms with Gasteiger partial charge in [0, 0.05) is 40.3 Å². The summed E-state index contributed by atoms with van der Waals surface area (Å²) in [5, 5.41) is 0. The van der Waals surface area contributed by atoms with Crippen LogP contribution in [0.1, 0.15) is 0 Å². The van der Waals surface area contributed by atoms with Crippen LogP contribution in [0.15, 0.2) is 0 Å². The number of hydrogen-bond acceptors (Lipinski definition) is 3. The first-order chi connectivity index (χ1) is 7.00. The molecule has 1 saturated heterocycles. The molecule has 0 aromatic heterocycles. The quantitative estimate of drug-likeness (QED) is 0.626. The van der Waals surface area contributed by atoms with Gasteiger partial charge in [-0.1, -0.05) is 0 Å². The fourth-order valence-corrected chi connectivity index (χ4v) is 1.46. The molecule has 15 heavy (non-hydrogen) atoms. The zero-order valence-corrected chi connectivity index (χ0v) is 9.27. The zero-order chi connectivity index (χ0) is 11.4. The Morgan fingerprint density at radius 2 is 1.73 bits per heavy atom.